The van der Waals surface area contributed by atoms with E-state index < -0.39 is 0 Å². The Morgan fingerprint density at radius 1 is 1.35 bits per heavy atom. The minimum atomic E-state index is 0.706. The van der Waals surface area contributed by atoms with Crippen molar-refractivity contribution < 1.29 is 0 Å². The lowest BCUT2D eigenvalue weighted by Gasteiger charge is -2.23. The van der Waals surface area contributed by atoms with Crippen LogP contribution in [0.1, 0.15) is 49.6 Å². The van der Waals surface area contributed by atoms with E-state index in [4.69, 9.17) is 0 Å². The number of nitrogens with one attached hydrogen (secondary N) is 1. The van der Waals surface area contributed by atoms with Gasteiger partial charge >= 0.3 is 0 Å². The Morgan fingerprint density at radius 3 is 2.76 bits per heavy atom. The third-order valence-corrected chi connectivity index (χ3v) is 3.99. The van der Waals surface area contributed by atoms with Crippen LogP contribution in [0.25, 0.3) is 0 Å². The van der Waals surface area contributed by atoms with Crippen molar-refractivity contribution in [2.24, 2.45) is 0 Å². The second kappa shape index (κ2) is 5.67. The van der Waals surface area contributed by atoms with Crippen LogP contribution in [-0.2, 0) is 13.0 Å². The molecule has 0 saturated carbocycles. The molecule has 0 radical (unpaired) electrons. The summed E-state index contributed by atoms with van der Waals surface area (Å²) in [5.74, 6) is 0. The van der Waals surface area contributed by atoms with Gasteiger partial charge in [0.2, 0.25) is 0 Å². The number of hydrogen-bond acceptors (Lipinski definition) is 2. The van der Waals surface area contributed by atoms with E-state index in [0.29, 0.717) is 6.04 Å². The molecule has 0 amide bonds. The molecule has 1 unspecified atom stereocenters. The van der Waals surface area contributed by atoms with Gasteiger partial charge in [-0.2, -0.15) is 5.10 Å². The Labute approximate surface area is 105 Å². The lowest BCUT2D eigenvalue weighted by molar-refractivity contribution is 0.359. The summed E-state index contributed by atoms with van der Waals surface area (Å²) in [6.07, 6.45) is 6.37. The minimum Gasteiger partial charge on any atom is -0.314 e. The highest BCUT2D eigenvalue weighted by Crippen LogP contribution is 2.16. The van der Waals surface area contributed by atoms with E-state index in [-0.39, 0.29) is 0 Å². The smallest absolute Gasteiger partial charge is 0.0628 e. The molecule has 1 N–H and O–H groups in total. The highest BCUT2D eigenvalue weighted by atomic mass is 15.3. The van der Waals surface area contributed by atoms with E-state index in [1.807, 2.05) is 0 Å². The monoisotopic (exact) mass is 235 g/mol. The van der Waals surface area contributed by atoms with Crippen molar-refractivity contribution >= 4 is 0 Å². The predicted molar refractivity (Wildman–Crippen MR) is 71.3 cm³/mol. The maximum atomic E-state index is 4.65. The first-order valence-corrected chi connectivity index (χ1v) is 6.98. The van der Waals surface area contributed by atoms with Gasteiger partial charge in [-0.05, 0) is 51.6 Å². The Hall–Kier alpha value is -0.830. The van der Waals surface area contributed by atoms with Crippen LogP contribution < -0.4 is 5.32 Å². The number of piperidine rings is 1. The summed E-state index contributed by atoms with van der Waals surface area (Å²) < 4.78 is 2.20. The quantitative estimate of drug-likeness (QED) is 0.869. The van der Waals surface area contributed by atoms with E-state index >= 15 is 0 Å². The lowest BCUT2D eigenvalue weighted by Crippen LogP contribution is -2.34. The minimum absolute atomic E-state index is 0.706. The summed E-state index contributed by atoms with van der Waals surface area (Å²) in [5, 5.41) is 8.26. The zero-order chi connectivity index (χ0) is 12.3. The zero-order valence-electron chi connectivity index (χ0n) is 11.4. The molecule has 17 heavy (non-hydrogen) atoms. The van der Waals surface area contributed by atoms with Crippen molar-refractivity contribution in [3.05, 3.63) is 17.0 Å². The van der Waals surface area contributed by atoms with Crippen molar-refractivity contribution in [1.29, 1.82) is 0 Å². The second-order valence-electron chi connectivity index (χ2n) is 5.16. The summed E-state index contributed by atoms with van der Waals surface area (Å²) in [5.41, 5.74) is 4.00. The molecule has 1 saturated heterocycles. The average molecular weight is 235 g/mol. The maximum absolute atomic E-state index is 4.65. The molecule has 1 aliphatic rings. The molecular weight excluding hydrogens is 210 g/mol. The number of aromatic nitrogens is 2. The molecule has 2 rings (SSSR count). The molecule has 1 fully saturated rings. The molecule has 2 heterocycles. The first-order valence-electron chi connectivity index (χ1n) is 6.98. The molecule has 96 valence electrons. The maximum Gasteiger partial charge on any atom is 0.0628 e. The van der Waals surface area contributed by atoms with E-state index in [0.717, 1.165) is 13.0 Å². The van der Waals surface area contributed by atoms with E-state index in [1.54, 1.807) is 0 Å². The molecule has 1 aliphatic heterocycles. The van der Waals surface area contributed by atoms with Crippen molar-refractivity contribution in [3.63, 3.8) is 0 Å². The van der Waals surface area contributed by atoms with Gasteiger partial charge in [-0.3, -0.25) is 4.68 Å². The van der Waals surface area contributed by atoms with Crippen molar-refractivity contribution in [2.75, 3.05) is 6.54 Å². The molecule has 3 nitrogen and oxygen atoms in total. The fourth-order valence-electron chi connectivity index (χ4n) is 2.91. The fourth-order valence-corrected chi connectivity index (χ4v) is 2.91. The van der Waals surface area contributed by atoms with E-state index in [2.05, 4.69) is 35.9 Å². The summed E-state index contributed by atoms with van der Waals surface area (Å²) in [6, 6.07) is 0.706. The molecule has 0 aliphatic carbocycles. The van der Waals surface area contributed by atoms with Crippen LogP contribution in [0, 0.1) is 13.8 Å². The van der Waals surface area contributed by atoms with Gasteiger partial charge in [0.25, 0.3) is 0 Å². The van der Waals surface area contributed by atoms with Crippen LogP contribution in [0.3, 0.4) is 0 Å². The van der Waals surface area contributed by atoms with Gasteiger partial charge in [-0.25, -0.2) is 0 Å². The highest BCUT2D eigenvalue weighted by Gasteiger charge is 2.14. The third-order valence-electron chi connectivity index (χ3n) is 3.99. The van der Waals surface area contributed by atoms with Gasteiger partial charge in [-0.15, -0.1) is 0 Å². The molecule has 1 aromatic rings. The van der Waals surface area contributed by atoms with E-state index in [9.17, 15) is 0 Å². The summed E-state index contributed by atoms with van der Waals surface area (Å²) >= 11 is 0. The molecule has 1 atom stereocenters. The number of rotatable bonds is 4. The van der Waals surface area contributed by atoms with Gasteiger partial charge in [-0.1, -0.05) is 13.3 Å². The first kappa shape index (κ1) is 12.6. The largest absolute Gasteiger partial charge is 0.314 e. The highest BCUT2D eigenvalue weighted by molar-refractivity contribution is 5.24. The molecule has 0 spiro atoms. The molecule has 0 aromatic carbocycles. The van der Waals surface area contributed by atoms with Gasteiger partial charge in [0.1, 0.15) is 0 Å². The van der Waals surface area contributed by atoms with Crippen LogP contribution in [0.2, 0.25) is 0 Å². The Balaban J connectivity index is 1.94. The first-order chi connectivity index (χ1) is 8.22. The van der Waals surface area contributed by atoms with Crippen LogP contribution in [0.5, 0.6) is 0 Å². The standard InChI is InChI=1S/C14H25N3/c1-4-14-11(2)16-17(12(14)3)10-8-13-7-5-6-9-15-13/h13,15H,4-10H2,1-3H3. The van der Waals surface area contributed by atoms with Gasteiger partial charge in [0, 0.05) is 18.3 Å². The van der Waals surface area contributed by atoms with Gasteiger partial charge in [0.05, 0.1) is 5.69 Å². The van der Waals surface area contributed by atoms with Crippen LogP contribution >= 0.6 is 0 Å². The van der Waals surface area contributed by atoms with E-state index in [1.165, 1.54) is 49.2 Å². The van der Waals surface area contributed by atoms with Crippen LogP contribution in [0.15, 0.2) is 0 Å². The number of nitrogens with zero attached hydrogens (tertiary/aromatic N) is 2. The van der Waals surface area contributed by atoms with Crippen LogP contribution in [-0.4, -0.2) is 22.4 Å². The summed E-state index contributed by atoms with van der Waals surface area (Å²) in [6.45, 7) is 8.80. The van der Waals surface area contributed by atoms with Crippen molar-refractivity contribution in [3.8, 4) is 0 Å². The SMILES string of the molecule is CCc1c(C)nn(CCC2CCCCN2)c1C. The lowest BCUT2D eigenvalue weighted by atomic mass is 10.0. The summed E-state index contributed by atoms with van der Waals surface area (Å²) in [7, 11) is 0. The van der Waals surface area contributed by atoms with Gasteiger partial charge < -0.3 is 5.32 Å². The predicted octanol–water partition coefficient (Wildman–Crippen LogP) is 2.59. The van der Waals surface area contributed by atoms with Crippen molar-refractivity contribution in [1.82, 2.24) is 15.1 Å². The number of hydrogen-bond donors (Lipinski definition) is 1. The molecule has 0 bridgehead atoms. The second-order valence-corrected chi connectivity index (χ2v) is 5.16. The average Bonchev–Trinajstić information content (AvgIpc) is 2.63. The van der Waals surface area contributed by atoms with Gasteiger partial charge in [0.15, 0.2) is 0 Å². The topological polar surface area (TPSA) is 29.9 Å². The Morgan fingerprint density at radius 2 is 2.18 bits per heavy atom. The number of aryl methyl sites for hydroxylation is 2. The Bertz CT molecular complexity index is 362. The van der Waals surface area contributed by atoms with Crippen LogP contribution in [0.4, 0.5) is 0 Å². The fraction of sp³-hybridized carbons (Fsp3) is 0.786. The molecular formula is C14H25N3. The zero-order valence-corrected chi connectivity index (χ0v) is 11.4. The van der Waals surface area contributed by atoms with Crippen molar-refractivity contribution in [2.45, 2.75) is 65.5 Å². The molecule has 1 aromatic heterocycles. The summed E-state index contributed by atoms with van der Waals surface area (Å²) in [4.78, 5) is 0. The Kier molecular flexibility index (Phi) is 4.21. The normalized spacial score (nSPS) is 20.8. The third kappa shape index (κ3) is 2.89. The molecule has 3 heteroatoms.